The Hall–Kier alpha value is -1.33. The minimum absolute atomic E-state index is 0.999. The van der Waals surface area contributed by atoms with Crippen LogP contribution < -0.4 is 0 Å². The van der Waals surface area contributed by atoms with Gasteiger partial charge in [-0.15, -0.1) is 0 Å². The highest BCUT2D eigenvalue weighted by Gasteiger charge is 1.90. The normalized spacial score (nSPS) is 8.92. The molecule has 0 radical (unpaired) electrons. The maximum atomic E-state index is 4.22. The first kappa shape index (κ1) is 8.76. The third-order valence-corrected chi connectivity index (χ3v) is 1.52. The van der Waals surface area contributed by atoms with Crippen LogP contribution in [0, 0.1) is 6.92 Å². The molecule has 1 nitrogen and oxygen atoms in total. The first-order chi connectivity index (χ1) is 5.70. The standard InChI is InChI=1S/C11H13N/c1-9(2)8-12-11-7-5-4-6-10(11)3/h4-7H,1-3H3. The highest BCUT2D eigenvalue weighted by Crippen LogP contribution is 2.15. The number of aryl methyl sites for hydroxylation is 1. The number of aliphatic imine (C=N–C) groups is 1. The number of hydrogen-bond acceptors (Lipinski definition) is 1. The van der Waals surface area contributed by atoms with Gasteiger partial charge in [0.2, 0.25) is 0 Å². The molecule has 1 aromatic carbocycles. The number of para-hydroxylation sites is 1. The van der Waals surface area contributed by atoms with E-state index in [1.807, 2.05) is 45.0 Å². The average molecular weight is 159 g/mol. The van der Waals surface area contributed by atoms with Crippen molar-refractivity contribution >= 4 is 11.6 Å². The summed E-state index contributed by atoms with van der Waals surface area (Å²) in [5.74, 6) is 2.94. The SMILES string of the molecule is CC(C)=C=Nc1ccccc1C. The molecule has 0 aliphatic heterocycles. The third kappa shape index (κ3) is 2.37. The lowest BCUT2D eigenvalue weighted by atomic mass is 10.2. The largest absolute Gasteiger partial charge is 0.206 e. The van der Waals surface area contributed by atoms with Gasteiger partial charge < -0.3 is 0 Å². The van der Waals surface area contributed by atoms with E-state index in [9.17, 15) is 0 Å². The lowest BCUT2D eigenvalue weighted by Gasteiger charge is -1.94. The number of allylic oxidation sites excluding steroid dienone is 1. The smallest absolute Gasteiger partial charge is 0.0758 e. The Bertz CT molecular complexity index is 327. The molecule has 0 atom stereocenters. The van der Waals surface area contributed by atoms with Gasteiger partial charge in [-0.3, -0.25) is 0 Å². The van der Waals surface area contributed by atoms with Crippen LogP contribution in [0.15, 0.2) is 34.8 Å². The van der Waals surface area contributed by atoms with E-state index < -0.39 is 0 Å². The van der Waals surface area contributed by atoms with E-state index in [2.05, 4.69) is 10.9 Å². The Labute approximate surface area is 73.5 Å². The van der Waals surface area contributed by atoms with Gasteiger partial charge in [0.05, 0.1) is 5.69 Å². The van der Waals surface area contributed by atoms with E-state index in [1.165, 1.54) is 5.56 Å². The lowest BCUT2D eigenvalue weighted by Crippen LogP contribution is -1.72. The van der Waals surface area contributed by atoms with Crippen molar-refractivity contribution in [2.45, 2.75) is 20.8 Å². The molecule has 1 heteroatoms. The minimum Gasteiger partial charge on any atom is -0.206 e. The topological polar surface area (TPSA) is 12.4 Å². The number of benzene rings is 1. The van der Waals surface area contributed by atoms with Crippen molar-refractivity contribution in [2.75, 3.05) is 0 Å². The van der Waals surface area contributed by atoms with Gasteiger partial charge in [-0.05, 0) is 43.8 Å². The summed E-state index contributed by atoms with van der Waals surface area (Å²) in [5.41, 5.74) is 3.28. The molecule has 12 heavy (non-hydrogen) atoms. The fourth-order valence-corrected chi connectivity index (χ4v) is 0.861. The van der Waals surface area contributed by atoms with E-state index in [0.717, 1.165) is 11.3 Å². The van der Waals surface area contributed by atoms with Crippen LogP contribution in [-0.2, 0) is 0 Å². The summed E-state index contributed by atoms with van der Waals surface area (Å²) in [5, 5.41) is 0. The zero-order valence-corrected chi connectivity index (χ0v) is 7.76. The highest BCUT2D eigenvalue weighted by molar-refractivity contribution is 5.63. The molecule has 0 amide bonds. The molecule has 0 spiro atoms. The maximum absolute atomic E-state index is 4.22. The molecule has 0 N–H and O–H groups in total. The van der Waals surface area contributed by atoms with E-state index in [0.29, 0.717) is 0 Å². The Morgan fingerprint density at radius 2 is 1.92 bits per heavy atom. The molecule has 1 aromatic rings. The van der Waals surface area contributed by atoms with Crippen molar-refractivity contribution in [2.24, 2.45) is 4.99 Å². The van der Waals surface area contributed by atoms with Gasteiger partial charge in [-0.25, -0.2) is 4.99 Å². The van der Waals surface area contributed by atoms with Gasteiger partial charge in [0, 0.05) is 0 Å². The first-order valence-electron chi connectivity index (χ1n) is 4.02. The predicted molar refractivity (Wildman–Crippen MR) is 53.1 cm³/mol. The van der Waals surface area contributed by atoms with Gasteiger partial charge in [-0.1, -0.05) is 18.2 Å². The summed E-state index contributed by atoms with van der Waals surface area (Å²) < 4.78 is 0. The molecular weight excluding hydrogens is 146 g/mol. The molecule has 0 aliphatic rings. The van der Waals surface area contributed by atoms with E-state index in [4.69, 9.17) is 0 Å². The Balaban J connectivity index is 3.05. The van der Waals surface area contributed by atoms with Crippen LogP contribution in [0.3, 0.4) is 0 Å². The van der Waals surface area contributed by atoms with Crippen molar-refractivity contribution in [3.8, 4) is 0 Å². The van der Waals surface area contributed by atoms with Crippen molar-refractivity contribution in [3.63, 3.8) is 0 Å². The van der Waals surface area contributed by atoms with Crippen LogP contribution in [0.5, 0.6) is 0 Å². The monoisotopic (exact) mass is 159 g/mol. The summed E-state index contributed by atoms with van der Waals surface area (Å²) in [4.78, 5) is 4.22. The molecule has 0 unspecified atom stereocenters. The van der Waals surface area contributed by atoms with Crippen LogP contribution in [0.4, 0.5) is 5.69 Å². The van der Waals surface area contributed by atoms with E-state index in [1.54, 1.807) is 0 Å². The molecular formula is C11H13N. The van der Waals surface area contributed by atoms with Crippen LogP contribution in [0.2, 0.25) is 0 Å². The number of rotatable bonds is 1. The molecule has 0 saturated carbocycles. The van der Waals surface area contributed by atoms with Crippen molar-refractivity contribution in [1.29, 1.82) is 0 Å². The van der Waals surface area contributed by atoms with Gasteiger partial charge >= 0.3 is 0 Å². The third-order valence-electron chi connectivity index (χ3n) is 1.52. The van der Waals surface area contributed by atoms with Crippen LogP contribution in [0.1, 0.15) is 19.4 Å². The summed E-state index contributed by atoms with van der Waals surface area (Å²) in [6.07, 6.45) is 0. The van der Waals surface area contributed by atoms with Crippen LogP contribution >= 0.6 is 0 Å². The Morgan fingerprint density at radius 3 is 2.50 bits per heavy atom. The van der Waals surface area contributed by atoms with Crippen molar-refractivity contribution in [1.82, 2.24) is 0 Å². The molecule has 1 rings (SSSR count). The molecule has 0 heterocycles. The quantitative estimate of drug-likeness (QED) is 0.558. The number of hydrogen-bond donors (Lipinski definition) is 0. The second-order valence-corrected chi connectivity index (χ2v) is 3.01. The van der Waals surface area contributed by atoms with Crippen molar-refractivity contribution in [3.05, 3.63) is 35.4 Å². The zero-order valence-electron chi connectivity index (χ0n) is 7.76. The van der Waals surface area contributed by atoms with Gasteiger partial charge in [0.25, 0.3) is 0 Å². The number of nitrogens with zero attached hydrogens (tertiary/aromatic N) is 1. The summed E-state index contributed by atoms with van der Waals surface area (Å²) in [6, 6.07) is 8.03. The highest BCUT2D eigenvalue weighted by atomic mass is 14.7. The van der Waals surface area contributed by atoms with Gasteiger partial charge in [0.15, 0.2) is 0 Å². The van der Waals surface area contributed by atoms with Crippen LogP contribution in [-0.4, -0.2) is 5.87 Å². The summed E-state index contributed by atoms with van der Waals surface area (Å²) in [7, 11) is 0. The fourth-order valence-electron chi connectivity index (χ4n) is 0.861. The lowest BCUT2D eigenvalue weighted by molar-refractivity contribution is 1.39. The Morgan fingerprint density at radius 1 is 1.25 bits per heavy atom. The van der Waals surface area contributed by atoms with Gasteiger partial charge in [-0.2, -0.15) is 0 Å². The molecule has 0 saturated heterocycles. The molecule has 0 aromatic heterocycles. The van der Waals surface area contributed by atoms with Gasteiger partial charge in [0.1, 0.15) is 0 Å². The van der Waals surface area contributed by atoms with E-state index >= 15 is 0 Å². The second kappa shape index (κ2) is 3.89. The predicted octanol–water partition coefficient (Wildman–Crippen LogP) is 3.26. The zero-order chi connectivity index (χ0) is 8.97. The van der Waals surface area contributed by atoms with Crippen molar-refractivity contribution < 1.29 is 0 Å². The molecule has 62 valence electrons. The molecule has 0 bridgehead atoms. The molecule has 0 fully saturated rings. The van der Waals surface area contributed by atoms with E-state index in [-0.39, 0.29) is 0 Å². The summed E-state index contributed by atoms with van der Waals surface area (Å²) in [6.45, 7) is 6.02. The first-order valence-corrected chi connectivity index (χ1v) is 4.02. The minimum atomic E-state index is 0.999. The Kier molecular flexibility index (Phi) is 2.84. The average Bonchev–Trinajstić information content (AvgIpc) is 2.03. The second-order valence-electron chi connectivity index (χ2n) is 3.01. The fraction of sp³-hybridized carbons (Fsp3) is 0.273. The summed E-state index contributed by atoms with van der Waals surface area (Å²) >= 11 is 0. The van der Waals surface area contributed by atoms with Crippen LogP contribution in [0.25, 0.3) is 0 Å². The molecule has 0 aliphatic carbocycles. The maximum Gasteiger partial charge on any atom is 0.0758 e.